The number of para-hydroxylation sites is 1. The van der Waals surface area contributed by atoms with E-state index in [0.29, 0.717) is 12.1 Å². The molecule has 1 aromatic rings. The topological polar surface area (TPSA) is 49.6 Å². The van der Waals surface area contributed by atoms with Crippen LogP contribution in [0.5, 0.6) is 0 Å². The zero-order valence-electron chi connectivity index (χ0n) is 15.0. The molecular formula is C20H29N3O2. The molecule has 1 aromatic carbocycles. The summed E-state index contributed by atoms with van der Waals surface area (Å²) in [6.45, 7) is 4.13. The Hall–Kier alpha value is -1.46. The van der Waals surface area contributed by atoms with Gasteiger partial charge in [0, 0.05) is 43.3 Å². The van der Waals surface area contributed by atoms with Gasteiger partial charge in [-0.05, 0) is 38.1 Å². The molecule has 3 aliphatic rings. The second kappa shape index (κ2) is 7.42. The van der Waals surface area contributed by atoms with Crippen molar-refractivity contribution >= 4 is 5.69 Å². The minimum Gasteiger partial charge on any atom is -0.298 e. The molecule has 0 radical (unpaired) electrons. The van der Waals surface area contributed by atoms with Gasteiger partial charge in [-0.1, -0.05) is 37.5 Å². The Labute approximate surface area is 150 Å². The first-order chi connectivity index (χ1) is 12.2. The summed E-state index contributed by atoms with van der Waals surface area (Å²) in [5.74, 6) is 0.766. The lowest BCUT2D eigenvalue weighted by atomic mass is 9.78. The lowest BCUT2D eigenvalue weighted by molar-refractivity contribution is -0.385. The Bertz CT molecular complexity index is 615. The average Bonchev–Trinajstić information content (AvgIpc) is 3.11. The van der Waals surface area contributed by atoms with Gasteiger partial charge in [-0.2, -0.15) is 0 Å². The number of nitro groups is 1. The number of rotatable bonds is 4. The Morgan fingerprint density at radius 2 is 1.80 bits per heavy atom. The Morgan fingerprint density at radius 1 is 1.00 bits per heavy atom. The highest BCUT2D eigenvalue weighted by Gasteiger charge is 2.43. The lowest BCUT2D eigenvalue weighted by Crippen LogP contribution is -2.59. The van der Waals surface area contributed by atoms with E-state index in [9.17, 15) is 10.1 Å². The predicted octanol–water partition coefficient (Wildman–Crippen LogP) is 3.82. The number of hydrogen-bond donors (Lipinski definition) is 0. The normalized spacial score (nSPS) is 28.8. The third kappa shape index (κ3) is 3.44. The Kier molecular flexibility index (Phi) is 5.04. The SMILES string of the molecule is O=[N+]([O-])c1ccccc1CN1CCN2CCC[C@@H]2[C@H]1C1CCCCC1. The van der Waals surface area contributed by atoms with E-state index >= 15 is 0 Å². The second-order valence-corrected chi connectivity index (χ2v) is 7.99. The van der Waals surface area contributed by atoms with Crippen molar-refractivity contribution in [2.24, 2.45) is 5.92 Å². The molecule has 25 heavy (non-hydrogen) atoms. The first-order valence-corrected chi connectivity index (χ1v) is 9.94. The molecule has 2 aliphatic heterocycles. The molecule has 2 saturated heterocycles. The molecule has 1 aliphatic carbocycles. The summed E-state index contributed by atoms with van der Waals surface area (Å²) in [6, 6.07) is 8.54. The smallest absolute Gasteiger partial charge is 0.273 e. The molecule has 4 rings (SSSR count). The monoisotopic (exact) mass is 343 g/mol. The van der Waals surface area contributed by atoms with Gasteiger partial charge in [-0.15, -0.1) is 0 Å². The highest BCUT2D eigenvalue weighted by molar-refractivity contribution is 5.39. The number of benzene rings is 1. The first kappa shape index (κ1) is 17.0. The fourth-order valence-electron chi connectivity index (χ4n) is 5.48. The van der Waals surface area contributed by atoms with Crippen molar-refractivity contribution in [2.45, 2.75) is 63.6 Å². The molecule has 0 N–H and O–H groups in total. The van der Waals surface area contributed by atoms with Crippen LogP contribution in [0.25, 0.3) is 0 Å². The second-order valence-electron chi connectivity index (χ2n) is 7.99. The summed E-state index contributed by atoms with van der Waals surface area (Å²) in [5, 5.41) is 11.4. The van der Waals surface area contributed by atoms with Crippen LogP contribution in [0.4, 0.5) is 5.69 Å². The fourth-order valence-corrected chi connectivity index (χ4v) is 5.48. The van der Waals surface area contributed by atoms with Crippen molar-refractivity contribution in [3.05, 3.63) is 39.9 Å². The zero-order chi connectivity index (χ0) is 17.2. The zero-order valence-corrected chi connectivity index (χ0v) is 15.0. The van der Waals surface area contributed by atoms with Gasteiger partial charge in [0.15, 0.2) is 0 Å². The fraction of sp³-hybridized carbons (Fsp3) is 0.700. The van der Waals surface area contributed by atoms with Gasteiger partial charge in [0.2, 0.25) is 0 Å². The van der Waals surface area contributed by atoms with Crippen molar-refractivity contribution in [2.75, 3.05) is 19.6 Å². The Balaban J connectivity index is 1.59. The van der Waals surface area contributed by atoms with E-state index in [1.807, 2.05) is 12.1 Å². The molecule has 5 heteroatoms. The van der Waals surface area contributed by atoms with Gasteiger partial charge in [0.05, 0.1) is 4.92 Å². The number of nitrogens with zero attached hydrogens (tertiary/aromatic N) is 3. The van der Waals surface area contributed by atoms with Gasteiger partial charge in [0.25, 0.3) is 5.69 Å². The summed E-state index contributed by atoms with van der Waals surface area (Å²) >= 11 is 0. The number of piperazine rings is 1. The van der Waals surface area contributed by atoms with Gasteiger partial charge in [0.1, 0.15) is 0 Å². The highest BCUT2D eigenvalue weighted by atomic mass is 16.6. The minimum atomic E-state index is -0.225. The maximum atomic E-state index is 11.4. The van der Waals surface area contributed by atoms with Crippen LogP contribution in [0.2, 0.25) is 0 Å². The maximum Gasteiger partial charge on any atom is 0.273 e. The third-order valence-electron chi connectivity index (χ3n) is 6.60. The van der Waals surface area contributed by atoms with E-state index in [0.717, 1.165) is 31.1 Å². The van der Waals surface area contributed by atoms with Crippen LogP contribution >= 0.6 is 0 Å². The Morgan fingerprint density at radius 3 is 2.60 bits per heavy atom. The molecule has 5 nitrogen and oxygen atoms in total. The molecule has 136 valence electrons. The van der Waals surface area contributed by atoms with Crippen LogP contribution in [-0.2, 0) is 6.54 Å². The van der Waals surface area contributed by atoms with E-state index in [1.165, 1.54) is 51.5 Å². The molecule has 2 heterocycles. The number of nitro benzene ring substituents is 1. The van der Waals surface area contributed by atoms with Crippen molar-refractivity contribution in [3.63, 3.8) is 0 Å². The van der Waals surface area contributed by atoms with E-state index in [4.69, 9.17) is 0 Å². The summed E-state index contributed by atoms with van der Waals surface area (Å²) in [6.07, 6.45) is 9.37. The summed E-state index contributed by atoms with van der Waals surface area (Å²) in [5.41, 5.74) is 1.15. The minimum absolute atomic E-state index is 0.225. The lowest BCUT2D eigenvalue weighted by Gasteiger charge is -2.49. The largest absolute Gasteiger partial charge is 0.298 e. The maximum absolute atomic E-state index is 11.4. The van der Waals surface area contributed by atoms with Gasteiger partial charge in [-0.3, -0.25) is 19.9 Å². The molecule has 1 saturated carbocycles. The molecule has 3 fully saturated rings. The van der Waals surface area contributed by atoms with Crippen molar-refractivity contribution in [1.82, 2.24) is 9.80 Å². The van der Waals surface area contributed by atoms with Crippen molar-refractivity contribution < 1.29 is 4.92 Å². The molecule has 0 bridgehead atoms. The molecule has 0 spiro atoms. The van der Waals surface area contributed by atoms with Gasteiger partial charge in [-0.25, -0.2) is 0 Å². The molecular weight excluding hydrogens is 314 g/mol. The quantitative estimate of drug-likeness (QED) is 0.616. The predicted molar refractivity (Wildman–Crippen MR) is 98.5 cm³/mol. The summed E-state index contributed by atoms with van der Waals surface area (Å²) < 4.78 is 0. The van der Waals surface area contributed by atoms with E-state index in [2.05, 4.69) is 9.80 Å². The van der Waals surface area contributed by atoms with Crippen molar-refractivity contribution in [3.8, 4) is 0 Å². The highest BCUT2D eigenvalue weighted by Crippen LogP contribution is 2.38. The molecule has 2 atom stereocenters. The van der Waals surface area contributed by atoms with Crippen molar-refractivity contribution in [1.29, 1.82) is 0 Å². The van der Waals surface area contributed by atoms with Crippen LogP contribution < -0.4 is 0 Å². The number of fused-ring (bicyclic) bond motifs is 1. The van der Waals surface area contributed by atoms with Gasteiger partial charge < -0.3 is 0 Å². The van der Waals surface area contributed by atoms with Gasteiger partial charge >= 0.3 is 0 Å². The summed E-state index contributed by atoms with van der Waals surface area (Å²) in [7, 11) is 0. The first-order valence-electron chi connectivity index (χ1n) is 9.94. The molecule has 0 aromatic heterocycles. The van der Waals surface area contributed by atoms with Crippen LogP contribution in [0, 0.1) is 16.0 Å². The standard InChI is InChI=1S/C20H29N3O2/c24-23(25)18-10-5-4-9-17(18)15-22-14-13-21-12-6-11-19(21)20(22)16-7-2-1-3-8-16/h4-5,9-10,16,19-20H,1-3,6-8,11-15H2/t19-,20-/m1/s1. The molecule has 0 unspecified atom stereocenters. The average molecular weight is 343 g/mol. The van der Waals surface area contributed by atoms with Crippen LogP contribution in [-0.4, -0.2) is 46.4 Å². The van der Waals surface area contributed by atoms with Crippen LogP contribution in [0.3, 0.4) is 0 Å². The van der Waals surface area contributed by atoms with Crippen LogP contribution in [0.1, 0.15) is 50.5 Å². The van der Waals surface area contributed by atoms with E-state index < -0.39 is 0 Å². The summed E-state index contributed by atoms with van der Waals surface area (Å²) in [4.78, 5) is 16.5. The third-order valence-corrected chi connectivity index (χ3v) is 6.60. The van der Waals surface area contributed by atoms with E-state index in [1.54, 1.807) is 12.1 Å². The van der Waals surface area contributed by atoms with Crippen LogP contribution in [0.15, 0.2) is 24.3 Å². The number of hydrogen-bond acceptors (Lipinski definition) is 4. The van der Waals surface area contributed by atoms with E-state index in [-0.39, 0.29) is 10.6 Å². The molecule has 0 amide bonds.